The molecule has 1 aliphatic rings. The van der Waals surface area contributed by atoms with Crippen LogP contribution in [0.15, 0.2) is 0 Å². The third-order valence-corrected chi connectivity index (χ3v) is 2.76. The van der Waals surface area contributed by atoms with Crippen LogP contribution in [-0.4, -0.2) is 19.8 Å². The Hall–Kier alpha value is -0.460. The molecule has 0 aliphatic heterocycles. The summed E-state index contributed by atoms with van der Waals surface area (Å²) >= 11 is 0. The molecule has 0 saturated heterocycles. The minimum Gasteiger partial charge on any atom is -0.297 e. The van der Waals surface area contributed by atoms with Gasteiger partial charge in [-0.15, -0.1) is 4.33 Å². The Morgan fingerprint density at radius 3 is 2.21 bits per heavy atom. The van der Waals surface area contributed by atoms with Crippen LogP contribution < -0.4 is 0 Å². The highest BCUT2D eigenvalue weighted by Gasteiger charge is 2.39. The average molecular weight is 222 g/mol. The van der Waals surface area contributed by atoms with Crippen molar-refractivity contribution >= 4 is 16.8 Å². The molecule has 0 aromatic heterocycles. The molecule has 1 aliphatic carbocycles. The molecular formula is C8H14O5S. The summed E-state index contributed by atoms with van der Waals surface area (Å²) < 4.78 is 24.4. The topological polar surface area (TPSA) is 69.7 Å². The second kappa shape index (κ2) is 4.86. The van der Waals surface area contributed by atoms with Crippen LogP contribution in [0.5, 0.6) is 0 Å². The van der Waals surface area contributed by atoms with Crippen LogP contribution >= 0.6 is 0 Å². The summed E-state index contributed by atoms with van der Waals surface area (Å²) in [5.41, 5.74) is -1.03. The van der Waals surface area contributed by atoms with Crippen LogP contribution in [0.3, 0.4) is 0 Å². The molecule has 0 radical (unpaired) electrons. The second-order valence-corrected chi connectivity index (χ2v) is 4.09. The van der Waals surface area contributed by atoms with Gasteiger partial charge in [0.25, 0.3) is 11.0 Å². The van der Waals surface area contributed by atoms with Gasteiger partial charge in [-0.3, -0.25) is 4.79 Å². The fourth-order valence-corrected chi connectivity index (χ4v) is 1.92. The van der Waals surface area contributed by atoms with Gasteiger partial charge in [-0.25, -0.2) is 13.3 Å². The Morgan fingerprint density at radius 1 is 1.21 bits per heavy atom. The largest absolute Gasteiger partial charge is 0.297 e. The minimum atomic E-state index is -3.06. The Labute approximate surface area is 84.5 Å². The first-order chi connectivity index (χ1) is 6.57. The molecule has 0 aromatic carbocycles. The summed E-state index contributed by atoms with van der Waals surface area (Å²) in [6.07, 6.45) is 3.83. The molecule has 0 spiro atoms. The van der Waals surface area contributed by atoms with E-state index in [0.29, 0.717) is 12.8 Å². The number of ketones is 1. The maximum absolute atomic E-state index is 11.3. The van der Waals surface area contributed by atoms with Gasteiger partial charge in [0.15, 0.2) is 11.4 Å². The molecule has 0 amide bonds. The van der Waals surface area contributed by atoms with Crippen molar-refractivity contribution in [2.24, 2.45) is 0 Å². The van der Waals surface area contributed by atoms with Crippen LogP contribution in [0.1, 0.15) is 39.0 Å². The number of hydrogen-bond donors (Lipinski definition) is 1. The number of thiol groups is 1. The summed E-state index contributed by atoms with van der Waals surface area (Å²) in [5, 5.41) is 0. The quantitative estimate of drug-likeness (QED) is 0.432. The minimum absolute atomic E-state index is 0.172. The van der Waals surface area contributed by atoms with E-state index in [1.807, 2.05) is 0 Å². The molecule has 5 nitrogen and oxygen atoms in total. The van der Waals surface area contributed by atoms with Gasteiger partial charge >= 0.3 is 0 Å². The number of Topliss-reactive ketones (excluding diaryl/α,β-unsaturated/α-hetero) is 1. The number of carbonyl (C=O) groups excluding carboxylic acids is 1. The lowest BCUT2D eigenvalue weighted by Gasteiger charge is -2.31. The lowest BCUT2D eigenvalue weighted by Crippen LogP contribution is -2.41. The van der Waals surface area contributed by atoms with E-state index < -0.39 is 16.6 Å². The first-order valence-electron chi connectivity index (χ1n) is 4.58. The van der Waals surface area contributed by atoms with Crippen LogP contribution in [0.2, 0.25) is 0 Å². The van der Waals surface area contributed by atoms with Gasteiger partial charge in [-0.2, -0.15) is 0 Å². The van der Waals surface area contributed by atoms with Crippen molar-refractivity contribution in [2.75, 3.05) is 0 Å². The molecule has 0 atom stereocenters. The molecule has 6 heteroatoms. The second-order valence-electron chi connectivity index (χ2n) is 3.49. The van der Waals surface area contributed by atoms with Gasteiger partial charge in [0.2, 0.25) is 0 Å². The van der Waals surface area contributed by atoms with Gasteiger partial charge < -0.3 is 0 Å². The summed E-state index contributed by atoms with van der Waals surface area (Å²) in [4.78, 5) is 16.1. The van der Waals surface area contributed by atoms with E-state index in [0.717, 1.165) is 19.3 Å². The lowest BCUT2D eigenvalue weighted by atomic mass is 9.82. The van der Waals surface area contributed by atoms with Gasteiger partial charge in [-0.05, 0) is 32.6 Å². The molecule has 0 aromatic rings. The van der Waals surface area contributed by atoms with Gasteiger partial charge in [0.1, 0.15) is 0 Å². The molecular weight excluding hydrogens is 208 g/mol. The zero-order valence-corrected chi connectivity index (χ0v) is 8.92. The molecule has 0 heterocycles. The highest BCUT2D eigenvalue weighted by molar-refractivity contribution is 7.67. The molecule has 1 fully saturated rings. The van der Waals surface area contributed by atoms with E-state index in [9.17, 15) is 13.2 Å². The molecule has 0 bridgehead atoms. The number of rotatable bonds is 4. The summed E-state index contributed by atoms with van der Waals surface area (Å²) in [6.45, 7) is 1.40. The van der Waals surface area contributed by atoms with Crippen molar-refractivity contribution in [3.8, 4) is 0 Å². The molecule has 1 saturated carbocycles. The maximum atomic E-state index is 11.3. The third-order valence-electron chi connectivity index (χ3n) is 2.56. The number of hydrogen-bond acceptors (Lipinski definition) is 5. The van der Waals surface area contributed by atoms with Crippen molar-refractivity contribution in [3.63, 3.8) is 0 Å². The van der Waals surface area contributed by atoms with E-state index in [1.165, 1.54) is 6.92 Å². The van der Waals surface area contributed by atoms with E-state index in [1.54, 1.807) is 0 Å². The van der Waals surface area contributed by atoms with Gasteiger partial charge in [-0.1, -0.05) is 6.42 Å². The highest BCUT2D eigenvalue weighted by Crippen LogP contribution is 2.32. The van der Waals surface area contributed by atoms with E-state index in [4.69, 9.17) is 4.89 Å². The SMILES string of the molecule is CC(=O)C1(OO[SH](=O)=O)CCCCC1. The van der Waals surface area contributed by atoms with Crippen molar-refractivity contribution < 1.29 is 22.4 Å². The maximum Gasteiger partial charge on any atom is 0.283 e. The fourth-order valence-electron chi connectivity index (χ4n) is 1.72. The van der Waals surface area contributed by atoms with Crippen molar-refractivity contribution in [1.29, 1.82) is 0 Å². The summed E-state index contributed by atoms with van der Waals surface area (Å²) in [6, 6.07) is 0. The first-order valence-corrected chi connectivity index (χ1v) is 5.68. The third kappa shape index (κ3) is 2.76. The Balaban J connectivity index is 2.65. The van der Waals surface area contributed by atoms with Gasteiger partial charge in [0.05, 0.1) is 0 Å². The molecule has 0 unspecified atom stereocenters. The highest BCUT2D eigenvalue weighted by atomic mass is 32.2. The van der Waals surface area contributed by atoms with Crippen molar-refractivity contribution in [1.82, 2.24) is 0 Å². The Bertz CT molecular complexity index is 269. The lowest BCUT2D eigenvalue weighted by molar-refractivity contribution is -0.282. The van der Waals surface area contributed by atoms with Crippen molar-refractivity contribution in [2.45, 2.75) is 44.6 Å². The first kappa shape index (κ1) is 11.6. The average Bonchev–Trinajstić information content (AvgIpc) is 2.16. The van der Waals surface area contributed by atoms with E-state index in [-0.39, 0.29) is 5.78 Å². The van der Waals surface area contributed by atoms with E-state index in [2.05, 4.69) is 4.33 Å². The molecule has 1 rings (SSSR count). The predicted molar refractivity (Wildman–Crippen MR) is 49.0 cm³/mol. The molecule has 0 N–H and O–H groups in total. The zero-order valence-electron chi connectivity index (χ0n) is 8.02. The summed E-state index contributed by atoms with van der Waals surface area (Å²) in [7, 11) is -3.06. The Kier molecular flexibility index (Phi) is 4.03. The predicted octanol–water partition coefficient (Wildman–Crippen LogP) is 0.753. The van der Waals surface area contributed by atoms with Crippen LogP contribution in [0.4, 0.5) is 0 Å². The molecule has 82 valence electrons. The smallest absolute Gasteiger partial charge is 0.283 e. The number of carbonyl (C=O) groups is 1. The molecule has 14 heavy (non-hydrogen) atoms. The van der Waals surface area contributed by atoms with Gasteiger partial charge in [0, 0.05) is 0 Å². The zero-order chi connectivity index (χ0) is 10.6. The van der Waals surface area contributed by atoms with Crippen LogP contribution in [-0.2, 0) is 25.0 Å². The normalized spacial score (nSPS) is 21.0. The van der Waals surface area contributed by atoms with Crippen molar-refractivity contribution in [3.05, 3.63) is 0 Å². The fraction of sp³-hybridized carbons (Fsp3) is 0.875. The van der Waals surface area contributed by atoms with E-state index >= 15 is 0 Å². The Morgan fingerprint density at radius 2 is 1.79 bits per heavy atom. The summed E-state index contributed by atoms with van der Waals surface area (Å²) in [5.74, 6) is -0.172. The monoisotopic (exact) mass is 222 g/mol. The van der Waals surface area contributed by atoms with Crippen LogP contribution in [0, 0.1) is 0 Å². The van der Waals surface area contributed by atoms with Crippen LogP contribution in [0.25, 0.3) is 0 Å². The standard InChI is InChI=1S/C8H14O5S/c1-7(9)8(12-13-14(10)11)5-3-2-4-6-8/h14H,2-6H2,1H3.